The molecule has 0 aliphatic rings. The largest absolute Gasteiger partial charge is 0.388 e. The maximum Gasteiger partial charge on any atom is 0.110 e. The summed E-state index contributed by atoms with van der Waals surface area (Å²) in [5, 5.41) is 3.37. The molecule has 0 saturated heterocycles. The van der Waals surface area contributed by atoms with Crippen molar-refractivity contribution in [2.24, 2.45) is 0 Å². The number of aromatic nitrogens is 1. The molecule has 1 aromatic heterocycles. The van der Waals surface area contributed by atoms with E-state index in [1.807, 2.05) is 13.2 Å². The summed E-state index contributed by atoms with van der Waals surface area (Å²) in [6.07, 6.45) is 5.64. The van der Waals surface area contributed by atoms with Crippen molar-refractivity contribution in [3.63, 3.8) is 0 Å². The molecule has 1 unspecified atom stereocenters. The second-order valence-electron chi connectivity index (χ2n) is 8.79. The molecule has 32 heavy (non-hydrogen) atoms. The maximum atomic E-state index is 4.76. The minimum absolute atomic E-state index is 0.0956. The average molecular weight is 431 g/mol. The van der Waals surface area contributed by atoms with Crippen LogP contribution < -0.4 is 10.2 Å². The second kappa shape index (κ2) is 11.1. The quantitative estimate of drug-likeness (QED) is 0.367. The van der Waals surface area contributed by atoms with Crippen LogP contribution in [0.4, 0.5) is 11.4 Å². The Balaban J connectivity index is 1.94. The standard InChI is InChI=1S/C28H38N4/c1-7-8-12-22-17-18-26(30-20-22)23-13-11-14-24(19-23)32(6)28(31(5)21(2)3)25-15-9-10-16-27(25)29-4/h9-11,13-21,28-29H,7-8,12H2,1-6H3. The fourth-order valence-corrected chi connectivity index (χ4v) is 4.08. The van der Waals surface area contributed by atoms with Gasteiger partial charge in [-0.2, -0.15) is 0 Å². The fraction of sp³-hybridized carbons (Fsp3) is 0.393. The average Bonchev–Trinajstić information content (AvgIpc) is 2.83. The van der Waals surface area contributed by atoms with Gasteiger partial charge in [0.25, 0.3) is 0 Å². The third-order valence-corrected chi connectivity index (χ3v) is 6.27. The third kappa shape index (κ3) is 5.49. The lowest BCUT2D eigenvalue weighted by Gasteiger charge is -2.40. The molecule has 3 aromatic rings. The lowest BCUT2D eigenvalue weighted by molar-refractivity contribution is 0.195. The molecule has 1 atom stereocenters. The number of pyridine rings is 1. The molecule has 0 aliphatic heterocycles. The van der Waals surface area contributed by atoms with Crippen molar-refractivity contribution >= 4 is 11.4 Å². The number of aryl methyl sites for hydroxylation is 1. The summed E-state index contributed by atoms with van der Waals surface area (Å²) in [7, 11) is 6.36. The van der Waals surface area contributed by atoms with Crippen molar-refractivity contribution in [1.82, 2.24) is 9.88 Å². The molecule has 3 rings (SSSR count). The van der Waals surface area contributed by atoms with Crippen molar-refractivity contribution in [1.29, 1.82) is 0 Å². The van der Waals surface area contributed by atoms with Gasteiger partial charge in [0.2, 0.25) is 0 Å². The van der Waals surface area contributed by atoms with E-state index in [2.05, 4.69) is 111 Å². The highest BCUT2D eigenvalue weighted by atomic mass is 15.3. The van der Waals surface area contributed by atoms with E-state index < -0.39 is 0 Å². The van der Waals surface area contributed by atoms with Crippen LogP contribution in [-0.4, -0.2) is 37.1 Å². The van der Waals surface area contributed by atoms with Crippen LogP contribution in [0.15, 0.2) is 66.9 Å². The van der Waals surface area contributed by atoms with E-state index in [1.165, 1.54) is 29.7 Å². The normalized spacial score (nSPS) is 12.2. The summed E-state index contributed by atoms with van der Waals surface area (Å²) in [4.78, 5) is 9.52. The van der Waals surface area contributed by atoms with E-state index in [1.54, 1.807) is 0 Å². The Bertz CT molecular complexity index is 981. The molecular formula is C28H38N4. The summed E-state index contributed by atoms with van der Waals surface area (Å²) in [5.41, 5.74) is 7.05. The zero-order valence-electron chi connectivity index (χ0n) is 20.5. The molecule has 0 aliphatic carbocycles. The monoisotopic (exact) mass is 430 g/mol. The van der Waals surface area contributed by atoms with Crippen LogP contribution in [0, 0.1) is 0 Å². The molecule has 0 saturated carbocycles. The van der Waals surface area contributed by atoms with Crippen LogP contribution in [0.3, 0.4) is 0 Å². The van der Waals surface area contributed by atoms with E-state index in [0.717, 1.165) is 23.4 Å². The summed E-state index contributed by atoms with van der Waals surface area (Å²) < 4.78 is 0. The number of benzene rings is 2. The smallest absolute Gasteiger partial charge is 0.110 e. The second-order valence-corrected chi connectivity index (χ2v) is 8.79. The number of rotatable bonds is 10. The third-order valence-electron chi connectivity index (χ3n) is 6.27. The molecule has 1 heterocycles. The maximum absolute atomic E-state index is 4.76. The summed E-state index contributed by atoms with van der Waals surface area (Å²) in [6, 6.07) is 22.0. The molecule has 0 bridgehead atoms. The van der Waals surface area contributed by atoms with E-state index in [4.69, 9.17) is 4.98 Å². The Morgan fingerprint density at radius 3 is 2.41 bits per heavy atom. The Kier molecular flexibility index (Phi) is 8.29. The lowest BCUT2D eigenvalue weighted by atomic mass is 10.0. The van der Waals surface area contributed by atoms with Crippen molar-refractivity contribution in [3.8, 4) is 11.3 Å². The van der Waals surface area contributed by atoms with Gasteiger partial charge in [0, 0.05) is 48.8 Å². The highest BCUT2D eigenvalue weighted by molar-refractivity contribution is 5.66. The van der Waals surface area contributed by atoms with Crippen LogP contribution in [-0.2, 0) is 6.42 Å². The predicted octanol–water partition coefficient (Wildman–Crippen LogP) is 6.61. The first-order valence-electron chi connectivity index (χ1n) is 11.7. The SMILES string of the molecule is CCCCc1ccc(-c2cccc(N(C)C(c3ccccc3NC)N(C)C(C)C)c2)nc1. The Hall–Kier alpha value is -2.85. The number of hydrogen-bond acceptors (Lipinski definition) is 4. The molecule has 0 spiro atoms. The van der Waals surface area contributed by atoms with Crippen LogP contribution in [0.1, 0.15) is 50.9 Å². The predicted molar refractivity (Wildman–Crippen MR) is 138 cm³/mol. The first-order chi connectivity index (χ1) is 15.5. The highest BCUT2D eigenvalue weighted by Crippen LogP contribution is 2.34. The van der Waals surface area contributed by atoms with Crippen LogP contribution >= 0.6 is 0 Å². The van der Waals surface area contributed by atoms with Crippen molar-refractivity contribution in [2.45, 2.75) is 52.2 Å². The van der Waals surface area contributed by atoms with Gasteiger partial charge in [0.05, 0.1) is 5.69 Å². The van der Waals surface area contributed by atoms with Crippen molar-refractivity contribution in [2.75, 3.05) is 31.4 Å². The molecule has 0 amide bonds. The van der Waals surface area contributed by atoms with Gasteiger partial charge in [0.15, 0.2) is 0 Å². The van der Waals surface area contributed by atoms with Crippen molar-refractivity contribution < 1.29 is 0 Å². The van der Waals surface area contributed by atoms with Crippen LogP contribution in [0.5, 0.6) is 0 Å². The summed E-state index contributed by atoms with van der Waals surface area (Å²) >= 11 is 0. The topological polar surface area (TPSA) is 31.4 Å². The molecule has 2 aromatic carbocycles. The fourth-order valence-electron chi connectivity index (χ4n) is 4.08. The summed E-state index contributed by atoms with van der Waals surface area (Å²) in [5.74, 6) is 0. The number of anilines is 2. The van der Waals surface area contributed by atoms with Gasteiger partial charge >= 0.3 is 0 Å². The van der Waals surface area contributed by atoms with E-state index in [-0.39, 0.29) is 6.17 Å². The molecule has 4 nitrogen and oxygen atoms in total. The number of para-hydroxylation sites is 1. The van der Waals surface area contributed by atoms with Gasteiger partial charge in [-0.15, -0.1) is 0 Å². The van der Waals surface area contributed by atoms with E-state index >= 15 is 0 Å². The van der Waals surface area contributed by atoms with Gasteiger partial charge < -0.3 is 10.2 Å². The zero-order chi connectivity index (χ0) is 23.1. The zero-order valence-corrected chi connectivity index (χ0v) is 20.5. The molecule has 0 fully saturated rings. The highest BCUT2D eigenvalue weighted by Gasteiger charge is 2.26. The molecule has 1 N–H and O–H groups in total. The first kappa shape index (κ1) is 23.8. The number of hydrogen-bond donors (Lipinski definition) is 1. The molecule has 170 valence electrons. The first-order valence-corrected chi connectivity index (χ1v) is 11.7. The Morgan fingerprint density at radius 1 is 0.969 bits per heavy atom. The Labute approximate surface area is 194 Å². The molecule has 0 radical (unpaired) electrons. The Morgan fingerprint density at radius 2 is 1.75 bits per heavy atom. The number of nitrogens with one attached hydrogen (secondary N) is 1. The van der Waals surface area contributed by atoms with Gasteiger partial charge in [0.1, 0.15) is 6.17 Å². The minimum atomic E-state index is 0.0956. The summed E-state index contributed by atoms with van der Waals surface area (Å²) in [6.45, 7) is 6.70. The molecule has 4 heteroatoms. The van der Waals surface area contributed by atoms with E-state index in [0.29, 0.717) is 6.04 Å². The molecular weight excluding hydrogens is 392 g/mol. The number of nitrogens with zero attached hydrogens (tertiary/aromatic N) is 3. The lowest BCUT2D eigenvalue weighted by Crippen LogP contribution is -2.41. The van der Waals surface area contributed by atoms with Gasteiger partial charge in [-0.3, -0.25) is 9.88 Å². The minimum Gasteiger partial charge on any atom is -0.388 e. The van der Waals surface area contributed by atoms with Crippen molar-refractivity contribution in [3.05, 3.63) is 78.0 Å². The van der Waals surface area contributed by atoms with Crippen LogP contribution in [0.2, 0.25) is 0 Å². The van der Waals surface area contributed by atoms with Gasteiger partial charge in [-0.05, 0) is 63.6 Å². The van der Waals surface area contributed by atoms with Gasteiger partial charge in [-0.25, -0.2) is 0 Å². The van der Waals surface area contributed by atoms with Gasteiger partial charge in [-0.1, -0.05) is 49.7 Å². The van der Waals surface area contributed by atoms with E-state index in [9.17, 15) is 0 Å². The number of unbranched alkanes of at least 4 members (excludes halogenated alkanes) is 1. The van der Waals surface area contributed by atoms with Crippen LogP contribution in [0.25, 0.3) is 11.3 Å².